The molecule has 0 atom stereocenters. The SMILES string of the molecule is CC(C)(C)c1ccc(Oc2nc(Oc3ccc(-c4ccc(Oc5nc(Oc6ccc(C(C)(C)C)cc6)nc(Oc6ccc(C(C)(C)C)cc6)n5)cc4)cc3)nc(Oc3ccc(C(C)(C)C)cc3)n2)cc1. The van der Waals surface area contributed by atoms with Crippen LogP contribution in [-0.4, -0.2) is 29.9 Å². The summed E-state index contributed by atoms with van der Waals surface area (Å²) in [5.74, 6) is 3.25. The zero-order valence-corrected chi connectivity index (χ0v) is 42.0. The van der Waals surface area contributed by atoms with Gasteiger partial charge in [0.25, 0.3) is 0 Å². The lowest BCUT2D eigenvalue weighted by atomic mass is 9.87. The van der Waals surface area contributed by atoms with Gasteiger partial charge in [0.15, 0.2) is 0 Å². The maximum Gasteiger partial charge on any atom is 0.331 e. The van der Waals surface area contributed by atoms with E-state index >= 15 is 0 Å². The Balaban J connectivity index is 0.988. The summed E-state index contributed by atoms with van der Waals surface area (Å²) in [4.78, 5) is 26.9. The highest BCUT2D eigenvalue weighted by Gasteiger charge is 2.20. The summed E-state index contributed by atoms with van der Waals surface area (Å²) in [6.07, 6.45) is 0. The van der Waals surface area contributed by atoms with Gasteiger partial charge in [-0.1, -0.05) is 156 Å². The van der Waals surface area contributed by atoms with Crippen molar-refractivity contribution in [3.63, 3.8) is 0 Å². The second-order valence-corrected chi connectivity index (χ2v) is 21.1. The van der Waals surface area contributed by atoms with Gasteiger partial charge in [-0.3, -0.25) is 0 Å². The van der Waals surface area contributed by atoms with Crippen molar-refractivity contribution in [2.24, 2.45) is 0 Å². The smallest absolute Gasteiger partial charge is 0.331 e. The van der Waals surface area contributed by atoms with E-state index in [1.807, 2.05) is 146 Å². The summed E-state index contributed by atoms with van der Waals surface area (Å²) in [5, 5.41) is 0. The molecule has 0 aliphatic rings. The molecule has 6 aromatic carbocycles. The molecule has 2 aromatic heterocycles. The number of nitrogens with zero attached hydrogens (tertiary/aromatic N) is 6. The molecule has 12 heteroatoms. The fourth-order valence-corrected chi connectivity index (χ4v) is 7.07. The molecule has 0 spiro atoms. The summed E-state index contributed by atoms with van der Waals surface area (Å²) < 4.78 is 36.9. The first-order chi connectivity index (χ1) is 33.1. The average Bonchev–Trinajstić information content (AvgIpc) is 3.29. The van der Waals surface area contributed by atoms with Crippen molar-refractivity contribution in [1.82, 2.24) is 29.9 Å². The Hall–Kier alpha value is -7.86. The highest BCUT2D eigenvalue weighted by Crippen LogP contribution is 2.34. The molecule has 0 bridgehead atoms. The molecule has 8 rings (SSSR count). The molecule has 2 heterocycles. The number of aromatic nitrogens is 6. The van der Waals surface area contributed by atoms with Crippen molar-refractivity contribution in [2.45, 2.75) is 105 Å². The topological polar surface area (TPSA) is 133 Å². The molecule has 0 N–H and O–H groups in total. The van der Waals surface area contributed by atoms with Crippen LogP contribution in [0.1, 0.15) is 105 Å². The standard InChI is InChI=1S/C58H60N6O6/c1-55(2,3)39-17-29-45(30-18-39)67-51-59-49(60-52(63-51)68-46-31-19-40(20-32-46)56(4,5)6)65-43-25-13-37(14-26-43)38-15-27-44(28-16-38)66-50-61-53(69-47-33-21-41(22-34-47)57(7,8)9)64-54(62-50)70-48-35-23-42(24-36-48)58(10,11)12/h13-36H,1-12H3. The second kappa shape index (κ2) is 19.6. The van der Waals surface area contributed by atoms with Crippen LogP contribution in [0, 0.1) is 0 Å². The number of ether oxygens (including phenoxy) is 6. The molecule has 0 unspecified atom stereocenters. The molecule has 0 saturated carbocycles. The van der Waals surface area contributed by atoms with Gasteiger partial charge in [0.2, 0.25) is 0 Å². The highest BCUT2D eigenvalue weighted by molar-refractivity contribution is 5.65. The minimum absolute atomic E-state index is 0.00389. The van der Waals surface area contributed by atoms with E-state index < -0.39 is 0 Å². The third kappa shape index (κ3) is 12.8. The van der Waals surface area contributed by atoms with Crippen LogP contribution in [0.4, 0.5) is 0 Å². The molecular weight excluding hydrogens is 877 g/mol. The molecule has 0 saturated heterocycles. The van der Waals surface area contributed by atoms with Crippen LogP contribution in [0.25, 0.3) is 11.1 Å². The lowest BCUT2D eigenvalue weighted by Crippen LogP contribution is -2.10. The lowest BCUT2D eigenvalue weighted by molar-refractivity contribution is 0.361. The van der Waals surface area contributed by atoms with Gasteiger partial charge >= 0.3 is 36.1 Å². The largest absolute Gasteiger partial charge is 0.424 e. The Morgan fingerprint density at radius 2 is 0.357 bits per heavy atom. The molecule has 70 heavy (non-hydrogen) atoms. The fraction of sp³-hybridized carbons (Fsp3) is 0.276. The van der Waals surface area contributed by atoms with Crippen LogP contribution < -0.4 is 28.4 Å². The van der Waals surface area contributed by atoms with E-state index in [1.54, 1.807) is 0 Å². The fourth-order valence-electron chi connectivity index (χ4n) is 7.07. The van der Waals surface area contributed by atoms with Gasteiger partial charge in [-0.2, -0.15) is 0 Å². The zero-order chi connectivity index (χ0) is 49.8. The third-order valence-electron chi connectivity index (χ3n) is 11.3. The molecule has 0 fully saturated rings. The number of hydrogen-bond acceptors (Lipinski definition) is 12. The van der Waals surface area contributed by atoms with E-state index in [0.717, 1.165) is 11.1 Å². The second-order valence-electron chi connectivity index (χ2n) is 21.1. The normalized spacial score (nSPS) is 12.0. The summed E-state index contributed by atoms with van der Waals surface area (Å²) in [6.45, 7) is 25.9. The number of rotatable bonds is 13. The van der Waals surface area contributed by atoms with E-state index in [9.17, 15) is 0 Å². The van der Waals surface area contributed by atoms with Crippen LogP contribution in [0.3, 0.4) is 0 Å². The van der Waals surface area contributed by atoms with Crippen molar-refractivity contribution in [2.75, 3.05) is 0 Å². The van der Waals surface area contributed by atoms with Crippen LogP contribution >= 0.6 is 0 Å². The number of benzene rings is 6. The maximum absolute atomic E-state index is 6.19. The first-order valence-corrected chi connectivity index (χ1v) is 23.3. The van der Waals surface area contributed by atoms with Crippen LogP contribution in [0.5, 0.6) is 70.6 Å². The van der Waals surface area contributed by atoms with Crippen molar-refractivity contribution in [3.05, 3.63) is 168 Å². The first kappa shape index (κ1) is 48.6. The summed E-state index contributed by atoms with van der Waals surface area (Å²) >= 11 is 0. The molecule has 0 aliphatic carbocycles. The Morgan fingerprint density at radius 3 is 0.500 bits per heavy atom. The van der Waals surface area contributed by atoms with Gasteiger partial charge in [-0.15, -0.1) is 29.9 Å². The quantitative estimate of drug-likeness (QED) is 0.109. The van der Waals surface area contributed by atoms with Crippen LogP contribution in [-0.2, 0) is 21.7 Å². The summed E-state index contributed by atoms with van der Waals surface area (Å²) in [6, 6.07) is 46.5. The Labute approximate surface area is 411 Å². The number of hydrogen-bond donors (Lipinski definition) is 0. The third-order valence-corrected chi connectivity index (χ3v) is 11.3. The average molecular weight is 937 g/mol. The lowest BCUT2D eigenvalue weighted by Gasteiger charge is -2.19. The van der Waals surface area contributed by atoms with Gasteiger partial charge in [0, 0.05) is 0 Å². The van der Waals surface area contributed by atoms with Crippen LogP contribution in [0.2, 0.25) is 0 Å². The van der Waals surface area contributed by atoms with E-state index in [1.165, 1.54) is 22.3 Å². The zero-order valence-electron chi connectivity index (χ0n) is 42.0. The van der Waals surface area contributed by atoms with Crippen molar-refractivity contribution < 1.29 is 28.4 Å². The van der Waals surface area contributed by atoms with E-state index in [4.69, 9.17) is 28.4 Å². The molecule has 12 nitrogen and oxygen atoms in total. The minimum atomic E-state index is -0.0109. The highest BCUT2D eigenvalue weighted by atomic mass is 16.5. The molecule has 8 aromatic rings. The Bertz CT molecular complexity index is 2660. The van der Waals surface area contributed by atoms with Crippen molar-refractivity contribution in [1.29, 1.82) is 0 Å². The van der Waals surface area contributed by atoms with Gasteiger partial charge in [0.1, 0.15) is 34.5 Å². The van der Waals surface area contributed by atoms with Gasteiger partial charge in [0.05, 0.1) is 0 Å². The molecular formula is C58H60N6O6. The predicted octanol–water partition coefficient (Wildman–Crippen LogP) is 15.7. The predicted molar refractivity (Wildman–Crippen MR) is 273 cm³/mol. The van der Waals surface area contributed by atoms with E-state index in [2.05, 4.69) is 113 Å². The van der Waals surface area contributed by atoms with Crippen molar-refractivity contribution in [3.8, 4) is 81.7 Å². The molecule has 0 amide bonds. The van der Waals surface area contributed by atoms with Gasteiger partial charge in [-0.05, 0) is 128 Å². The molecule has 0 radical (unpaired) electrons. The Morgan fingerprint density at radius 1 is 0.214 bits per heavy atom. The summed E-state index contributed by atoms with van der Waals surface area (Å²) in [7, 11) is 0. The van der Waals surface area contributed by atoms with Gasteiger partial charge < -0.3 is 28.4 Å². The van der Waals surface area contributed by atoms with E-state index in [0.29, 0.717) is 34.5 Å². The van der Waals surface area contributed by atoms with Crippen molar-refractivity contribution >= 4 is 0 Å². The monoisotopic (exact) mass is 936 g/mol. The summed E-state index contributed by atoms with van der Waals surface area (Å²) in [5.41, 5.74) is 6.51. The minimum Gasteiger partial charge on any atom is -0.424 e. The molecule has 0 aliphatic heterocycles. The van der Waals surface area contributed by atoms with Crippen LogP contribution in [0.15, 0.2) is 146 Å². The van der Waals surface area contributed by atoms with E-state index in [-0.39, 0.29) is 57.7 Å². The first-order valence-electron chi connectivity index (χ1n) is 23.3. The Kier molecular flexibility index (Phi) is 13.6. The van der Waals surface area contributed by atoms with Gasteiger partial charge in [-0.25, -0.2) is 0 Å². The maximum atomic E-state index is 6.19. The molecule has 358 valence electrons.